The number of aliphatic hydroxyl groups is 1. The topological polar surface area (TPSA) is 49.8 Å². The third kappa shape index (κ3) is 5.88. The zero-order chi connectivity index (χ0) is 14.3. The van der Waals surface area contributed by atoms with Gasteiger partial charge in [-0.2, -0.15) is 0 Å². The summed E-state index contributed by atoms with van der Waals surface area (Å²) < 4.78 is 5.28. The number of likely N-dealkylation sites (N-methyl/N-ethyl adjacent to an activating group) is 1. The molecule has 4 nitrogen and oxygen atoms in total. The summed E-state index contributed by atoms with van der Waals surface area (Å²) in [5.41, 5.74) is 1.03. The molecule has 0 saturated heterocycles. The first kappa shape index (κ1) is 15.7. The predicted molar refractivity (Wildman–Crippen MR) is 75.8 cm³/mol. The molecule has 5 heteroatoms. The number of hydrogen-bond donors (Lipinski definition) is 1. The van der Waals surface area contributed by atoms with Gasteiger partial charge in [-0.25, -0.2) is 0 Å². The number of hydrogen-bond acceptors (Lipinski definition) is 4. The van der Waals surface area contributed by atoms with Gasteiger partial charge in [0.2, 0.25) is 5.91 Å². The first-order chi connectivity index (χ1) is 9.02. The second-order valence-corrected chi connectivity index (χ2v) is 5.30. The normalized spacial score (nSPS) is 10.2. The lowest BCUT2D eigenvalue weighted by molar-refractivity contribution is -0.136. The van der Waals surface area contributed by atoms with Crippen LogP contribution in [0.5, 0.6) is 0 Å². The molecule has 0 bridgehead atoms. The molecule has 1 aromatic heterocycles. The van der Waals surface area contributed by atoms with Gasteiger partial charge in [0, 0.05) is 13.6 Å². The Balaban J connectivity index is 2.49. The third-order valence-corrected chi connectivity index (χ3v) is 3.22. The summed E-state index contributed by atoms with van der Waals surface area (Å²) in [5, 5.41) is 10.6. The number of ether oxygens (including phenoxy) is 1. The average Bonchev–Trinajstić information content (AvgIpc) is 2.80. The molecule has 104 valence electrons. The Morgan fingerprint density at radius 2 is 2.32 bits per heavy atom. The average molecular weight is 281 g/mol. The molecule has 0 spiro atoms. The minimum Gasteiger partial charge on any atom is -0.384 e. The molecular weight excluding hydrogens is 262 g/mol. The number of rotatable bonds is 5. The van der Waals surface area contributed by atoms with Crippen molar-refractivity contribution in [1.29, 1.82) is 0 Å². The van der Waals surface area contributed by atoms with Crippen LogP contribution in [-0.2, 0) is 16.1 Å². The van der Waals surface area contributed by atoms with Crippen molar-refractivity contribution in [3.05, 3.63) is 21.9 Å². The van der Waals surface area contributed by atoms with E-state index in [1.54, 1.807) is 11.9 Å². The van der Waals surface area contributed by atoms with Crippen molar-refractivity contribution in [2.24, 2.45) is 0 Å². The molecule has 0 aliphatic carbocycles. The molecule has 0 fully saturated rings. The molecule has 0 unspecified atom stereocenters. The van der Waals surface area contributed by atoms with E-state index in [1.165, 1.54) is 11.3 Å². The standard InChI is InChI=1S/C14H19NO3S/c1-11(2)18-9-14(17)15(3)8-12-7-13(19-10-12)5-4-6-16/h7,10-11,16H,6,8-9H2,1-3H3. The lowest BCUT2D eigenvalue weighted by Crippen LogP contribution is -2.30. The van der Waals surface area contributed by atoms with Gasteiger partial charge < -0.3 is 14.7 Å². The van der Waals surface area contributed by atoms with E-state index in [1.807, 2.05) is 25.3 Å². The van der Waals surface area contributed by atoms with Crippen LogP contribution in [-0.4, -0.2) is 42.3 Å². The number of aliphatic hydroxyl groups excluding tert-OH is 1. The van der Waals surface area contributed by atoms with Gasteiger partial charge in [0.25, 0.3) is 0 Å². The Hall–Kier alpha value is -1.35. The van der Waals surface area contributed by atoms with Gasteiger partial charge in [-0.1, -0.05) is 11.8 Å². The fourth-order valence-electron chi connectivity index (χ4n) is 1.36. The monoisotopic (exact) mass is 281 g/mol. The van der Waals surface area contributed by atoms with Crippen LogP contribution in [0, 0.1) is 11.8 Å². The molecule has 0 atom stereocenters. The zero-order valence-electron chi connectivity index (χ0n) is 11.5. The maximum Gasteiger partial charge on any atom is 0.248 e. The van der Waals surface area contributed by atoms with E-state index in [0.717, 1.165) is 10.4 Å². The number of carbonyl (C=O) groups excluding carboxylic acids is 1. The lowest BCUT2D eigenvalue weighted by atomic mass is 10.3. The van der Waals surface area contributed by atoms with Crippen molar-refractivity contribution in [2.45, 2.75) is 26.5 Å². The van der Waals surface area contributed by atoms with Crippen LogP contribution in [0.4, 0.5) is 0 Å². The molecule has 1 N–H and O–H groups in total. The van der Waals surface area contributed by atoms with Crippen LogP contribution in [0.25, 0.3) is 0 Å². The van der Waals surface area contributed by atoms with E-state index in [-0.39, 0.29) is 25.2 Å². The van der Waals surface area contributed by atoms with E-state index in [4.69, 9.17) is 9.84 Å². The summed E-state index contributed by atoms with van der Waals surface area (Å²) in [5.74, 6) is 5.41. The second kappa shape index (κ2) is 7.95. The predicted octanol–water partition coefficient (Wildman–Crippen LogP) is 1.48. The second-order valence-electron chi connectivity index (χ2n) is 4.39. The van der Waals surface area contributed by atoms with E-state index < -0.39 is 0 Å². The molecule has 0 radical (unpaired) electrons. The van der Waals surface area contributed by atoms with E-state index >= 15 is 0 Å². The van der Waals surface area contributed by atoms with Crippen LogP contribution in [0.15, 0.2) is 11.4 Å². The molecule has 0 aliphatic rings. The van der Waals surface area contributed by atoms with Crippen molar-refractivity contribution >= 4 is 17.2 Å². The van der Waals surface area contributed by atoms with Gasteiger partial charge in [-0.05, 0) is 30.9 Å². The van der Waals surface area contributed by atoms with Crippen molar-refractivity contribution in [3.63, 3.8) is 0 Å². The molecule has 1 aromatic rings. The van der Waals surface area contributed by atoms with E-state index in [0.29, 0.717) is 6.54 Å². The van der Waals surface area contributed by atoms with Crippen molar-refractivity contribution in [2.75, 3.05) is 20.3 Å². The quantitative estimate of drug-likeness (QED) is 0.832. The fourth-order valence-corrected chi connectivity index (χ4v) is 2.13. The van der Waals surface area contributed by atoms with Crippen LogP contribution in [0.1, 0.15) is 24.3 Å². The van der Waals surface area contributed by atoms with Crippen molar-refractivity contribution in [3.8, 4) is 11.8 Å². The van der Waals surface area contributed by atoms with E-state index in [9.17, 15) is 4.79 Å². The number of thiophene rings is 1. The molecule has 1 amide bonds. The molecular formula is C14H19NO3S. The summed E-state index contributed by atoms with van der Waals surface area (Å²) in [7, 11) is 1.75. The van der Waals surface area contributed by atoms with Crippen LogP contribution in [0.3, 0.4) is 0 Å². The van der Waals surface area contributed by atoms with Gasteiger partial charge in [0.1, 0.15) is 13.2 Å². The number of carbonyl (C=O) groups is 1. The highest BCUT2D eigenvalue weighted by Crippen LogP contribution is 2.15. The van der Waals surface area contributed by atoms with Gasteiger partial charge in [0.05, 0.1) is 11.0 Å². The maximum absolute atomic E-state index is 11.8. The summed E-state index contributed by atoms with van der Waals surface area (Å²) >= 11 is 1.51. The minimum atomic E-state index is -0.141. The largest absolute Gasteiger partial charge is 0.384 e. The summed E-state index contributed by atoms with van der Waals surface area (Å²) in [4.78, 5) is 14.3. The van der Waals surface area contributed by atoms with Crippen molar-refractivity contribution < 1.29 is 14.6 Å². The van der Waals surface area contributed by atoms with Crippen LogP contribution in [0.2, 0.25) is 0 Å². The van der Waals surface area contributed by atoms with Gasteiger partial charge >= 0.3 is 0 Å². The molecule has 1 heterocycles. The van der Waals surface area contributed by atoms with Gasteiger partial charge in [-0.3, -0.25) is 4.79 Å². The fraction of sp³-hybridized carbons (Fsp3) is 0.500. The Morgan fingerprint density at radius 3 is 2.95 bits per heavy atom. The summed E-state index contributed by atoms with van der Waals surface area (Å²) in [6.45, 7) is 4.31. The minimum absolute atomic E-state index is 0.0390. The summed E-state index contributed by atoms with van der Waals surface area (Å²) in [6, 6.07) is 1.93. The molecule has 0 aromatic carbocycles. The maximum atomic E-state index is 11.8. The highest BCUT2D eigenvalue weighted by Gasteiger charge is 2.11. The lowest BCUT2D eigenvalue weighted by Gasteiger charge is -2.17. The van der Waals surface area contributed by atoms with E-state index in [2.05, 4.69) is 11.8 Å². The summed E-state index contributed by atoms with van der Waals surface area (Å²) in [6.07, 6.45) is 0.0545. The molecule has 0 saturated carbocycles. The first-order valence-electron chi connectivity index (χ1n) is 6.05. The molecule has 0 aliphatic heterocycles. The highest BCUT2D eigenvalue weighted by molar-refractivity contribution is 7.10. The number of nitrogens with zero attached hydrogens (tertiary/aromatic N) is 1. The zero-order valence-corrected chi connectivity index (χ0v) is 12.3. The number of amides is 1. The molecule has 1 rings (SSSR count). The Labute approximate surface area is 118 Å². The van der Waals surface area contributed by atoms with Gasteiger partial charge in [-0.15, -0.1) is 11.3 Å². The van der Waals surface area contributed by atoms with Crippen LogP contribution < -0.4 is 0 Å². The van der Waals surface area contributed by atoms with Crippen LogP contribution >= 0.6 is 11.3 Å². The Kier molecular flexibility index (Phi) is 6.57. The third-order valence-electron chi connectivity index (χ3n) is 2.33. The Morgan fingerprint density at radius 1 is 1.58 bits per heavy atom. The molecule has 19 heavy (non-hydrogen) atoms. The Bertz CT molecular complexity index is 471. The van der Waals surface area contributed by atoms with Gasteiger partial charge in [0.15, 0.2) is 0 Å². The smallest absolute Gasteiger partial charge is 0.248 e. The SMILES string of the molecule is CC(C)OCC(=O)N(C)Cc1csc(C#CCO)c1. The highest BCUT2D eigenvalue weighted by atomic mass is 32.1. The first-order valence-corrected chi connectivity index (χ1v) is 6.93. The van der Waals surface area contributed by atoms with Crippen molar-refractivity contribution in [1.82, 2.24) is 4.90 Å².